The van der Waals surface area contributed by atoms with Crippen molar-refractivity contribution < 1.29 is 22.8 Å². The fourth-order valence-corrected chi connectivity index (χ4v) is 3.35. The van der Waals surface area contributed by atoms with E-state index in [0.29, 0.717) is 6.42 Å². The van der Waals surface area contributed by atoms with Crippen molar-refractivity contribution in [3.05, 3.63) is 35.1 Å². The quantitative estimate of drug-likeness (QED) is 0.897. The zero-order valence-corrected chi connectivity index (χ0v) is 12.4. The zero-order chi connectivity index (χ0) is 16.6. The summed E-state index contributed by atoms with van der Waals surface area (Å²) in [5.41, 5.74) is -1.65. The molecule has 2 N–H and O–H groups in total. The molecule has 0 radical (unpaired) electrons. The molecule has 1 saturated carbocycles. The van der Waals surface area contributed by atoms with Gasteiger partial charge in [-0.05, 0) is 31.7 Å². The van der Waals surface area contributed by atoms with Crippen LogP contribution in [-0.4, -0.2) is 23.4 Å². The molecule has 23 heavy (non-hydrogen) atoms. The van der Waals surface area contributed by atoms with Gasteiger partial charge in [-0.2, -0.15) is 0 Å². The normalized spacial score (nSPS) is 22.6. The third kappa shape index (κ3) is 2.80. The fourth-order valence-electron chi connectivity index (χ4n) is 3.35. The molecule has 124 valence electrons. The fraction of sp³-hybridized carbons (Fsp3) is 0.500. The van der Waals surface area contributed by atoms with Gasteiger partial charge in [0.15, 0.2) is 0 Å². The summed E-state index contributed by atoms with van der Waals surface area (Å²) < 4.78 is 39.5. The predicted octanol–water partition coefficient (Wildman–Crippen LogP) is 2.69. The van der Waals surface area contributed by atoms with Crippen LogP contribution < -0.4 is 10.6 Å². The molecule has 2 aliphatic rings. The molecule has 4 nitrogen and oxygen atoms in total. The molecule has 7 heteroatoms. The van der Waals surface area contributed by atoms with Crippen LogP contribution in [0.15, 0.2) is 18.2 Å². The Bertz CT molecular complexity index is 644. The molecule has 2 fully saturated rings. The van der Waals surface area contributed by atoms with Crippen LogP contribution in [-0.2, 0) is 4.79 Å². The Morgan fingerprint density at radius 3 is 2.70 bits per heavy atom. The first kappa shape index (κ1) is 15.8. The van der Waals surface area contributed by atoms with Crippen LogP contribution in [0.2, 0.25) is 0 Å². The Hall–Kier alpha value is -2.05. The highest BCUT2D eigenvalue weighted by Crippen LogP contribution is 2.39. The summed E-state index contributed by atoms with van der Waals surface area (Å²) >= 11 is 0. The highest BCUT2D eigenvalue weighted by Gasteiger charge is 2.48. The molecule has 1 atom stereocenters. The van der Waals surface area contributed by atoms with E-state index in [9.17, 15) is 22.8 Å². The van der Waals surface area contributed by atoms with Crippen LogP contribution in [0.4, 0.5) is 13.2 Å². The van der Waals surface area contributed by atoms with Crippen LogP contribution in [0.1, 0.15) is 54.5 Å². The number of piperidine rings is 1. The number of halogens is 3. The van der Waals surface area contributed by atoms with Gasteiger partial charge in [0.05, 0.1) is 22.7 Å². The third-order valence-corrected chi connectivity index (χ3v) is 4.77. The van der Waals surface area contributed by atoms with E-state index in [1.54, 1.807) is 0 Å². The van der Waals surface area contributed by atoms with Gasteiger partial charge in [0.25, 0.3) is 12.3 Å². The number of rotatable bonds is 3. The van der Waals surface area contributed by atoms with Gasteiger partial charge in [0.1, 0.15) is 5.82 Å². The van der Waals surface area contributed by atoms with Crippen molar-refractivity contribution in [3.63, 3.8) is 0 Å². The topological polar surface area (TPSA) is 58.2 Å². The van der Waals surface area contributed by atoms with Crippen molar-refractivity contribution in [2.24, 2.45) is 0 Å². The molecule has 1 unspecified atom stereocenters. The maximum atomic E-state index is 14.1. The zero-order valence-electron chi connectivity index (χ0n) is 12.4. The second-order valence-electron chi connectivity index (χ2n) is 6.13. The molecule has 1 aromatic carbocycles. The first-order valence-corrected chi connectivity index (χ1v) is 7.61. The second-order valence-corrected chi connectivity index (χ2v) is 6.13. The maximum Gasteiger partial charge on any atom is 0.266 e. The summed E-state index contributed by atoms with van der Waals surface area (Å²) in [6.07, 6.45) is 0.226. The molecular weight excluding hydrogens is 309 g/mol. The molecule has 0 bridgehead atoms. The molecule has 1 aromatic rings. The first-order valence-electron chi connectivity index (χ1n) is 7.61. The molecular formula is C16H17F3N2O2. The van der Waals surface area contributed by atoms with Crippen LogP contribution in [0, 0.1) is 5.82 Å². The summed E-state index contributed by atoms with van der Waals surface area (Å²) in [5, 5.41) is 5.63. The van der Waals surface area contributed by atoms with Crippen molar-refractivity contribution in [1.82, 2.24) is 10.6 Å². The number of amides is 2. The lowest BCUT2D eigenvalue weighted by Crippen LogP contribution is -2.68. The van der Waals surface area contributed by atoms with E-state index >= 15 is 0 Å². The van der Waals surface area contributed by atoms with Gasteiger partial charge in [-0.3, -0.25) is 9.59 Å². The summed E-state index contributed by atoms with van der Waals surface area (Å²) in [6.45, 7) is 0. The van der Waals surface area contributed by atoms with Crippen LogP contribution in [0.3, 0.4) is 0 Å². The van der Waals surface area contributed by atoms with E-state index in [0.717, 1.165) is 25.3 Å². The number of alkyl halides is 2. The van der Waals surface area contributed by atoms with Crippen molar-refractivity contribution >= 4 is 11.8 Å². The van der Waals surface area contributed by atoms with Crippen molar-refractivity contribution in [3.8, 4) is 0 Å². The summed E-state index contributed by atoms with van der Waals surface area (Å²) in [4.78, 5) is 23.9. The van der Waals surface area contributed by atoms with Crippen molar-refractivity contribution in [2.75, 3.05) is 0 Å². The Morgan fingerprint density at radius 2 is 2.09 bits per heavy atom. The molecule has 3 rings (SSSR count). The lowest BCUT2D eigenvalue weighted by Gasteiger charge is -2.50. The van der Waals surface area contributed by atoms with Gasteiger partial charge < -0.3 is 10.6 Å². The predicted molar refractivity (Wildman–Crippen MR) is 76.6 cm³/mol. The van der Waals surface area contributed by atoms with Gasteiger partial charge in [-0.25, -0.2) is 13.2 Å². The number of hydrogen-bond donors (Lipinski definition) is 2. The lowest BCUT2D eigenvalue weighted by atomic mass is 9.68. The first-order chi connectivity index (χ1) is 10.9. The maximum absolute atomic E-state index is 14.1. The van der Waals surface area contributed by atoms with E-state index in [2.05, 4.69) is 10.6 Å². The molecule has 1 aliphatic heterocycles. The van der Waals surface area contributed by atoms with Crippen molar-refractivity contribution in [1.29, 1.82) is 0 Å². The van der Waals surface area contributed by atoms with Crippen LogP contribution >= 0.6 is 0 Å². The van der Waals surface area contributed by atoms with E-state index in [1.165, 1.54) is 12.1 Å². The Balaban J connectivity index is 1.79. The molecule has 2 amide bonds. The molecule has 1 aliphatic carbocycles. The van der Waals surface area contributed by atoms with Crippen LogP contribution in [0.25, 0.3) is 0 Å². The Labute approximate surface area is 131 Å². The van der Waals surface area contributed by atoms with E-state index in [4.69, 9.17) is 0 Å². The highest BCUT2D eigenvalue weighted by atomic mass is 19.3. The summed E-state index contributed by atoms with van der Waals surface area (Å²) in [6, 6.07) is 3.08. The highest BCUT2D eigenvalue weighted by molar-refractivity contribution is 5.95. The smallest absolute Gasteiger partial charge is 0.266 e. The minimum atomic E-state index is -2.98. The lowest BCUT2D eigenvalue weighted by molar-refractivity contribution is -0.127. The average molecular weight is 326 g/mol. The minimum Gasteiger partial charge on any atom is -0.349 e. The average Bonchev–Trinajstić information content (AvgIpc) is 2.47. The summed E-state index contributed by atoms with van der Waals surface area (Å²) in [5.74, 6) is -1.97. The van der Waals surface area contributed by atoms with Gasteiger partial charge >= 0.3 is 0 Å². The monoisotopic (exact) mass is 326 g/mol. The Morgan fingerprint density at radius 1 is 1.35 bits per heavy atom. The molecule has 1 spiro atoms. The van der Waals surface area contributed by atoms with Gasteiger partial charge in [-0.1, -0.05) is 12.1 Å². The minimum absolute atomic E-state index is 0.0546. The van der Waals surface area contributed by atoms with E-state index < -0.39 is 34.8 Å². The molecule has 0 aromatic heterocycles. The van der Waals surface area contributed by atoms with Crippen molar-refractivity contribution in [2.45, 2.75) is 50.1 Å². The second kappa shape index (κ2) is 5.86. The van der Waals surface area contributed by atoms with Crippen LogP contribution in [0.5, 0.6) is 0 Å². The number of carbonyl (C=O) groups excluding carboxylic acids is 2. The van der Waals surface area contributed by atoms with E-state index in [-0.39, 0.29) is 18.4 Å². The van der Waals surface area contributed by atoms with E-state index in [1.807, 2.05) is 0 Å². The number of carbonyl (C=O) groups is 2. The number of benzene rings is 1. The van der Waals surface area contributed by atoms with Gasteiger partial charge in [0, 0.05) is 6.42 Å². The standard InChI is InChI=1S/C16H17F3N2O2/c17-13-9(14(18)19)3-1-4-10(13)15(23)20-11-5-6-12(22)21-16(11)7-2-8-16/h1,3-4,11,14H,2,5-8H2,(H,20,23)(H,21,22). The van der Waals surface area contributed by atoms with Gasteiger partial charge in [0.2, 0.25) is 5.91 Å². The molecule has 1 saturated heterocycles. The third-order valence-electron chi connectivity index (χ3n) is 4.77. The Kier molecular flexibility index (Phi) is 4.04. The van der Waals surface area contributed by atoms with Gasteiger partial charge in [-0.15, -0.1) is 0 Å². The number of hydrogen-bond acceptors (Lipinski definition) is 2. The number of nitrogens with one attached hydrogen (secondary N) is 2. The summed E-state index contributed by atoms with van der Waals surface area (Å²) in [7, 11) is 0. The largest absolute Gasteiger partial charge is 0.349 e. The SMILES string of the molecule is O=C1CCC(NC(=O)c2cccc(C(F)F)c2F)C2(CCC2)N1. The molecule has 1 heterocycles.